The molecular formula is C25H32Cl2N4O2S. The molecule has 2 aromatic rings. The third-order valence-corrected chi connectivity index (χ3v) is 8.85. The van der Waals surface area contributed by atoms with Crippen LogP contribution in [0.5, 0.6) is 0 Å². The molecule has 9 heteroatoms. The van der Waals surface area contributed by atoms with Crippen molar-refractivity contribution in [2.24, 2.45) is 5.92 Å². The van der Waals surface area contributed by atoms with Crippen LogP contribution in [0.15, 0.2) is 23.6 Å². The van der Waals surface area contributed by atoms with Gasteiger partial charge in [0, 0.05) is 17.5 Å². The zero-order valence-corrected chi connectivity index (χ0v) is 22.0. The summed E-state index contributed by atoms with van der Waals surface area (Å²) >= 11 is 14.2. The topological polar surface area (TPSA) is 74.3 Å². The van der Waals surface area contributed by atoms with Crippen molar-refractivity contribution in [3.63, 3.8) is 0 Å². The standard InChI is InChI=1S/C25H32Cl2N4O2S/c1-15(28-2)23(32)30-22(16-8-4-3-5-9-16)25(33)31-13-7-12-20(31)24-29-19(14-34-24)17-10-6-11-18(26)21(17)27/h6,10-11,14-16,20,22,28H,3-5,7-9,12-13H2,1-2H3,(H,30,32)/t15-,20?,22?/m0/s1. The van der Waals surface area contributed by atoms with Gasteiger partial charge in [0.2, 0.25) is 11.8 Å². The van der Waals surface area contributed by atoms with E-state index in [-0.39, 0.29) is 29.8 Å². The van der Waals surface area contributed by atoms with Crippen LogP contribution in [0.4, 0.5) is 0 Å². The molecule has 1 saturated heterocycles. The van der Waals surface area contributed by atoms with Gasteiger partial charge in [-0.3, -0.25) is 9.59 Å². The highest BCUT2D eigenvalue weighted by Crippen LogP contribution is 2.39. The van der Waals surface area contributed by atoms with E-state index in [0.29, 0.717) is 16.6 Å². The minimum Gasteiger partial charge on any atom is -0.343 e. The fraction of sp³-hybridized carbons (Fsp3) is 0.560. The van der Waals surface area contributed by atoms with E-state index in [2.05, 4.69) is 10.6 Å². The lowest BCUT2D eigenvalue weighted by atomic mass is 9.83. The molecule has 0 spiro atoms. The molecule has 2 N–H and O–H groups in total. The lowest BCUT2D eigenvalue weighted by Crippen LogP contribution is -2.55. The SMILES string of the molecule is CN[C@@H](C)C(=O)NC(C(=O)N1CCCC1c1nc(-c2cccc(Cl)c2Cl)cs1)C1CCCCC1. The quantitative estimate of drug-likeness (QED) is 0.506. The molecule has 1 aliphatic carbocycles. The van der Waals surface area contributed by atoms with Crippen molar-refractivity contribution < 1.29 is 9.59 Å². The number of nitrogens with zero attached hydrogens (tertiary/aromatic N) is 2. The van der Waals surface area contributed by atoms with Crippen molar-refractivity contribution in [1.82, 2.24) is 20.5 Å². The van der Waals surface area contributed by atoms with Gasteiger partial charge in [0.15, 0.2) is 0 Å². The molecule has 1 saturated carbocycles. The van der Waals surface area contributed by atoms with Crippen molar-refractivity contribution in [2.75, 3.05) is 13.6 Å². The molecule has 0 bridgehead atoms. The number of nitrogens with one attached hydrogen (secondary N) is 2. The minimum absolute atomic E-state index is 0.0172. The summed E-state index contributed by atoms with van der Waals surface area (Å²) in [5.74, 6) is 0.0607. The number of carbonyl (C=O) groups is 2. The van der Waals surface area contributed by atoms with E-state index in [1.54, 1.807) is 24.5 Å². The van der Waals surface area contributed by atoms with Crippen molar-refractivity contribution in [3.8, 4) is 11.3 Å². The summed E-state index contributed by atoms with van der Waals surface area (Å²) in [4.78, 5) is 33.4. The number of carbonyl (C=O) groups excluding carboxylic acids is 2. The van der Waals surface area contributed by atoms with Crippen LogP contribution in [0, 0.1) is 5.92 Å². The van der Waals surface area contributed by atoms with Crippen LogP contribution in [0.3, 0.4) is 0 Å². The lowest BCUT2D eigenvalue weighted by molar-refractivity contribution is -0.139. The second kappa shape index (κ2) is 11.4. The minimum atomic E-state index is -0.494. The molecule has 0 radical (unpaired) electrons. The Morgan fingerprint density at radius 1 is 1.15 bits per heavy atom. The maximum absolute atomic E-state index is 13.9. The summed E-state index contributed by atoms with van der Waals surface area (Å²) in [6, 6.07) is 4.59. The summed E-state index contributed by atoms with van der Waals surface area (Å²) in [6.45, 7) is 2.49. The maximum atomic E-state index is 13.9. The van der Waals surface area contributed by atoms with Gasteiger partial charge < -0.3 is 15.5 Å². The van der Waals surface area contributed by atoms with Gasteiger partial charge in [-0.15, -0.1) is 11.3 Å². The van der Waals surface area contributed by atoms with Crippen molar-refractivity contribution in [3.05, 3.63) is 38.6 Å². The number of aromatic nitrogens is 1. The summed E-state index contributed by atoms with van der Waals surface area (Å²) in [5, 5.41) is 9.92. The Morgan fingerprint density at radius 3 is 2.65 bits per heavy atom. The Balaban J connectivity index is 1.57. The number of likely N-dealkylation sites (N-methyl/N-ethyl adjacent to an activating group) is 1. The molecule has 2 fully saturated rings. The van der Waals surface area contributed by atoms with Crippen LogP contribution in [0.1, 0.15) is 62.9 Å². The van der Waals surface area contributed by atoms with E-state index < -0.39 is 6.04 Å². The number of amides is 2. The fourth-order valence-electron chi connectivity index (χ4n) is 4.99. The predicted octanol–water partition coefficient (Wildman–Crippen LogP) is 5.45. The second-order valence-electron chi connectivity index (χ2n) is 9.26. The summed E-state index contributed by atoms with van der Waals surface area (Å²) in [5.41, 5.74) is 1.56. The number of benzene rings is 1. The van der Waals surface area contributed by atoms with Gasteiger partial charge in [-0.2, -0.15) is 0 Å². The molecule has 184 valence electrons. The lowest BCUT2D eigenvalue weighted by Gasteiger charge is -2.35. The number of halogens is 2. The number of thiazole rings is 1. The molecule has 2 amide bonds. The van der Waals surface area contributed by atoms with E-state index in [9.17, 15) is 9.59 Å². The van der Waals surface area contributed by atoms with Gasteiger partial charge in [0.05, 0.1) is 27.8 Å². The zero-order valence-electron chi connectivity index (χ0n) is 19.7. The molecule has 1 aromatic carbocycles. The largest absolute Gasteiger partial charge is 0.343 e. The van der Waals surface area contributed by atoms with E-state index in [1.165, 1.54) is 6.42 Å². The first kappa shape index (κ1) is 25.4. The van der Waals surface area contributed by atoms with Crippen LogP contribution < -0.4 is 10.6 Å². The normalized spacial score (nSPS) is 20.8. The molecule has 1 aliphatic heterocycles. The second-order valence-corrected chi connectivity index (χ2v) is 10.9. The third kappa shape index (κ3) is 5.43. The summed E-state index contributed by atoms with van der Waals surface area (Å²) in [7, 11) is 1.75. The number of rotatable bonds is 7. The van der Waals surface area contributed by atoms with Crippen LogP contribution >= 0.6 is 34.5 Å². The van der Waals surface area contributed by atoms with Crippen molar-refractivity contribution in [2.45, 2.75) is 70.0 Å². The van der Waals surface area contributed by atoms with Crippen molar-refractivity contribution >= 4 is 46.4 Å². The average Bonchev–Trinajstić information content (AvgIpc) is 3.53. The molecular weight excluding hydrogens is 491 g/mol. The highest BCUT2D eigenvalue weighted by molar-refractivity contribution is 7.10. The Hall–Kier alpha value is -1.67. The Labute approximate surface area is 215 Å². The van der Waals surface area contributed by atoms with Crippen molar-refractivity contribution in [1.29, 1.82) is 0 Å². The summed E-state index contributed by atoms with van der Waals surface area (Å²) < 4.78 is 0. The molecule has 2 unspecified atom stereocenters. The van der Waals surface area contributed by atoms with Gasteiger partial charge in [-0.25, -0.2) is 4.98 Å². The first-order chi connectivity index (χ1) is 16.4. The van der Waals surface area contributed by atoms with Gasteiger partial charge in [-0.05, 0) is 51.6 Å². The van der Waals surface area contributed by atoms with E-state index in [0.717, 1.165) is 54.8 Å². The zero-order chi connectivity index (χ0) is 24.2. The van der Waals surface area contributed by atoms with Crippen LogP contribution in [-0.2, 0) is 9.59 Å². The predicted molar refractivity (Wildman–Crippen MR) is 138 cm³/mol. The summed E-state index contributed by atoms with van der Waals surface area (Å²) in [6.07, 6.45) is 7.12. The van der Waals surface area contributed by atoms with E-state index >= 15 is 0 Å². The molecule has 1 aromatic heterocycles. The van der Waals surface area contributed by atoms with Crippen LogP contribution in [0.25, 0.3) is 11.3 Å². The number of likely N-dealkylation sites (tertiary alicyclic amines) is 1. The van der Waals surface area contributed by atoms with E-state index in [1.807, 2.05) is 29.3 Å². The highest BCUT2D eigenvalue weighted by atomic mass is 35.5. The Kier molecular flexibility index (Phi) is 8.51. The van der Waals surface area contributed by atoms with Gasteiger partial charge in [0.25, 0.3) is 0 Å². The molecule has 3 atom stereocenters. The molecule has 4 rings (SSSR count). The Bertz CT molecular complexity index is 1020. The molecule has 34 heavy (non-hydrogen) atoms. The van der Waals surface area contributed by atoms with Crippen LogP contribution in [0.2, 0.25) is 10.0 Å². The fourth-order valence-corrected chi connectivity index (χ4v) is 6.35. The monoisotopic (exact) mass is 522 g/mol. The van der Waals surface area contributed by atoms with Gasteiger partial charge >= 0.3 is 0 Å². The van der Waals surface area contributed by atoms with Crippen LogP contribution in [-0.4, -0.2) is 47.4 Å². The third-order valence-electron chi connectivity index (χ3n) is 7.08. The average molecular weight is 524 g/mol. The smallest absolute Gasteiger partial charge is 0.246 e. The Morgan fingerprint density at radius 2 is 1.91 bits per heavy atom. The number of hydrogen-bond donors (Lipinski definition) is 2. The molecule has 6 nitrogen and oxygen atoms in total. The molecule has 2 aliphatic rings. The maximum Gasteiger partial charge on any atom is 0.246 e. The van der Waals surface area contributed by atoms with Gasteiger partial charge in [-0.1, -0.05) is 54.6 Å². The first-order valence-corrected chi connectivity index (χ1v) is 13.7. The highest BCUT2D eigenvalue weighted by Gasteiger charge is 2.40. The number of hydrogen-bond acceptors (Lipinski definition) is 5. The van der Waals surface area contributed by atoms with Gasteiger partial charge in [0.1, 0.15) is 11.0 Å². The first-order valence-electron chi connectivity index (χ1n) is 12.1. The van der Waals surface area contributed by atoms with E-state index in [4.69, 9.17) is 28.2 Å². The molecule has 2 heterocycles.